The van der Waals surface area contributed by atoms with E-state index in [9.17, 15) is 4.79 Å². The summed E-state index contributed by atoms with van der Waals surface area (Å²) < 4.78 is 0. The van der Waals surface area contributed by atoms with Gasteiger partial charge in [0.15, 0.2) is 0 Å². The zero-order valence-electron chi connectivity index (χ0n) is 10.5. The molecule has 0 aliphatic heterocycles. The maximum atomic E-state index is 11.1. The van der Waals surface area contributed by atoms with Crippen LogP contribution in [0.5, 0.6) is 0 Å². The first-order valence-electron chi connectivity index (χ1n) is 5.81. The summed E-state index contributed by atoms with van der Waals surface area (Å²) in [4.78, 5) is 15.2. The van der Waals surface area contributed by atoms with Gasteiger partial charge in [-0.1, -0.05) is 23.7 Å². The average molecular weight is 276 g/mol. The molecule has 2 rings (SSSR count). The average Bonchev–Trinajstić information content (AvgIpc) is 2.40. The molecule has 1 aromatic carbocycles. The number of anilines is 1. The standard InChI is InChI=1S/C14H14ClN3O/c1-9-5-12(8-18-13(9)15)17-7-10-3-2-4-11(6-10)14(16)19/h2-6,8,17H,7H2,1H3,(H2,16,19). The number of hydrogen-bond acceptors (Lipinski definition) is 3. The van der Waals surface area contributed by atoms with Crippen LogP contribution in [0.3, 0.4) is 0 Å². The first-order valence-corrected chi connectivity index (χ1v) is 6.19. The van der Waals surface area contributed by atoms with Crippen molar-refractivity contribution in [3.8, 4) is 0 Å². The van der Waals surface area contributed by atoms with Crippen LogP contribution in [0.4, 0.5) is 5.69 Å². The lowest BCUT2D eigenvalue weighted by atomic mass is 10.1. The number of nitrogens with one attached hydrogen (secondary N) is 1. The van der Waals surface area contributed by atoms with Gasteiger partial charge in [-0.3, -0.25) is 4.79 Å². The number of nitrogens with zero attached hydrogens (tertiary/aromatic N) is 1. The van der Waals surface area contributed by atoms with Gasteiger partial charge in [0.2, 0.25) is 5.91 Å². The quantitative estimate of drug-likeness (QED) is 0.843. The number of aryl methyl sites for hydroxylation is 1. The second kappa shape index (κ2) is 5.71. The highest BCUT2D eigenvalue weighted by Crippen LogP contribution is 2.17. The normalized spacial score (nSPS) is 10.2. The summed E-state index contributed by atoms with van der Waals surface area (Å²) in [5, 5.41) is 3.72. The van der Waals surface area contributed by atoms with E-state index in [1.54, 1.807) is 18.3 Å². The smallest absolute Gasteiger partial charge is 0.248 e. The molecule has 0 saturated carbocycles. The number of rotatable bonds is 4. The van der Waals surface area contributed by atoms with Crippen molar-refractivity contribution in [2.75, 3.05) is 5.32 Å². The Morgan fingerprint density at radius 3 is 2.89 bits per heavy atom. The van der Waals surface area contributed by atoms with Gasteiger partial charge < -0.3 is 11.1 Å². The van der Waals surface area contributed by atoms with E-state index in [-0.39, 0.29) is 0 Å². The Morgan fingerprint density at radius 2 is 2.21 bits per heavy atom. The topological polar surface area (TPSA) is 68.0 Å². The Balaban J connectivity index is 2.07. The lowest BCUT2D eigenvalue weighted by Crippen LogP contribution is -2.11. The summed E-state index contributed by atoms with van der Waals surface area (Å²) in [6, 6.07) is 9.12. The highest BCUT2D eigenvalue weighted by Gasteiger charge is 2.02. The van der Waals surface area contributed by atoms with Crippen molar-refractivity contribution < 1.29 is 4.79 Å². The lowest BCUT2D eigenvalue weighted by Gasteiger charge is -2.08. The van der Waals surface area contributed by atoms with Crippen LogP contribution in [0.2, 0.25) is 5.15 Å². The molecule has 98 valence electrons. The molecule has 19 heavy (non-hydrogen) atoms. The van der Waals surface area contributed by atoms with Gasteiger partial charge in [0, 0.05) is 12.1 Å². The fourth-order valence-electron chi connectivity index (χ4n) is 1.69. The first kappa shape index (κ1) is 13.4. The zero-order valence-corrected chi connectivity index (χ0v) is 11.2. The second-order valence-corrected chi connectivity index (χ2v) is 4.61. The largest absolute Gasteiger partial charge is 0.380 e. The molecule has 0 atom stereocenters. The minimum atomic E-state index is -0.425. The molecular weight excluding hydrogens is 262 g/mol. The molecule has 0 bridgehead atoms. The highest BCUT2D eigenvalue weighted by molar-refractivity contribution is 6.30. The first-order chi connectivity index (χ1) is 9.06. The molecule has 0 aliphatic carbocycles. The number of hydrogen-bond donors (Lipinski definition) is 2. The molecule has 1 heterocycles. The second-order valence-electron chi connectivity index (χ2n) is 4.25. The molecule has 0 unspecified atom stereocenters. The van der Waals surface area contributed by atoms with Crippen molar-refractivity contribution in [1.82, 2.24) is 4.98 Å². The van der Waals surface area contributed by atoms with Gasteiger partial charge in [-0.05, 0) is 36.2 Å². The van der Waals surface area contributed by atoms with Gasteiger partial charge in [-0.2, -0.15) is 0 Å². The van der Waals surface area contributed by atoms with Crippen molar-refractivity contribution in [3.63, 3.8) is 0 Å². The van der Waals surface area contributed by atoms with E-state index in [1.807, 2.05) is 25.1 Å². The van der Waals surface area contributed by atoms with E-state index in [2.05, 4.69) is 10.3 Å². The molecule has 2 aromatic rings. The number of benzene rings is 1. The minimum Gasteiger partial charge on any atom is -0.380 e. The highest BCUT2D eigenvalue weighted by atomic mass is 35.5. The zero-order chi connectivity index (χ0) is 13.8. The SMILES string of the molecule is Cc1cc(NCc2cccc(C(N)=O)c2)cnc1Cl. The Morgan fingerprint density at radius 1 is 1.42 bits per heavy atom. The Labute approximate surface area is 116 Å². The van der Waals surface area contributed by atoms with Crippen molar-refractivity contribution in [3.05, 3.63) is 58.4 Å². The molecular formula is C14H14ClN3O. The minimum absolute atomic E-state index is 0.425. The molecule has 4 nitrogen and oxygen atoms in total. The third-order valence-electron chi connectivity index (χ3n) is 2.72. The number of nitrogens with two attached hydrogens (primary N) is 1. The number of primary amides is 1. The number of aromatic nitrogens is 1. The predicted molar refractivity (Wildman–Crippen MR) is 76.3 cm³/mol. The fourth-order valence-corrected chi connectivity index (χ4v) is 1.80. The van der Waals surface area contributed by atoms with E-state index >= 15 is 0 Å². The number of pyridine rings is 1. The van der Waals surface area contributed by atoms with E-state index in [0.717, 1.165) is 16.8 Å². The van der Waals surface area contributed by atoms with Gasteiger partial charge in [0.05, 0.1) is 11.9 Å². The van der Waals surface area contributed by atoms with Gasteiger partial charge in [-0.25, -0.2) is 4.98 Å². The van der Waals surface area contributed by atoms with Crippen LogP contribution in [0.1, 0.15) is 21.5 Å². The number of carbonyl (C=O) groups is 1. The molecule has 0 radical (unpaired) electrons. The molecule has 0 aliphatic rings. The summed E-state index contributed by atoms with van der Waals surface area (Å²) in [5.74, 6) is -0.425. The van der Waals surface area contributed by atoms with Gasteiger partial charge in [-0.15, -0.1) is 0 Å². The van der Waals surface area contributed by atoms with Crippen molar-refractivity contribution in [2.45, 2.75) is 13.5 Å². The van der Waals surface area contributed by atoms with Crippen LogP contribution < -0.4 is 11.1 Å². The lowest BCUT2D eigenvalue weighted by molar-refractivity contribution is 0.1000. The molecule has 1 aromatic heterocycles. The number of halogens is 1. The van der Waals surface area contributed by atoms with Gasteiger partial charge in [0.1, 0.15) is 5.15 Å². The maximum absolute atomic E-state index is 11.1. The van der Waals surface area contributed by atoms with Crippen molar-refractivity contribution in [1.29, 1.82) is 0 Å². The van der Waals surface area contributed by atoms with E-state index in [1.165, 1.54) is 0 Å². The van der Waals surface area contributed by atoms with Gasteiger partial charge in [0.25, 0.3) is 0 Å². The van der Waals surface area contributed by atoms with E-state index in [4.69, 9.17) is 17.3 Å². The number of amides is 1. The van der Waals surface area contributed by atoms with Crippen LogP contribution >= 0.6 is 11.6 Å². The van der Waals surface area contributed by atoms with Crippen LogP contribution in [0.15, 0.2) is 36.5 Å². The van der Waals surface area contributed by atoms with Gasteiger partial charge >= 0.3 is 0 Å². The van der Waals surface area contributed by atoms with Crippen molar-refractivity contribution >= 4 is 23.2 Å². The third kappa shape index (κ3) is 3.45. The summed E-state index contributed by atoms with van der Waals surface area (Å²) >= 11 is 5.86. The van der Waals surface area contributed by atoms with Crippen LogP contribution in [-0.4, -0.2) is 10.9 Å². The third-order valence-corrected chi connectivity index (χ3v) is 3.12. The monoisotopic (exact) mass is 275 g/mol. The molecule has 0 spiro atoms. The Kier molecular flexibility index (Phi) is 4.02. The maximum Gasteiger partial charge on any atom is 0.248 e. The summed E-state index contributed by atoms with van der Waals surface area (Å²) in [6.07, 6.45) is 1.67. The number of carbonyl (C=O) groups excluding carboxylic acids is 1. The van der Waals surface area contributed by atoms with Crippen LogP contribution in [-0.2, 0) is 6.54 Å². The fraction of sp³-hybridized carbons (Fsp3) is 0.143. The van der Waals surface area contributed by atoms with E-state index < -0.39 is 5.91 Å². The summed E-state index contributed by atoms with van der Waals surface area (Å²) in [7, 11) is 0. The predicted octanol–water partition coefficient (Wildman–Crippen LogP) is 2.75. The molecule has 0 saturated heterocycles. The molecule has 5 heteroatoms. The summed E-state index contributed by atoms with van der Waals surface area (Å²) in [5.41, 5.74) is 8.52. The van der Waals surface area contributed by atoms with E-state index in [0.29, 0.717) is 17.3 Å². The summed E-state index contributed by atoms with van der Waals surface area (Å²) in [6.45, 7) is 2.48. The molecule has 0 fully saturated rings. The van der Waals surface area contributed by atoms with Crippen molar-refractivity contribution in [2.24, 2.45) is 5.73 Å². The Bertz CT molecular complexity index is 613. The van der Waals surface area contributed by atoms with Crippen LogP contribution in [0, 0.1) is 6.92 Å². The molecule has 1 amide bonds. The van der Waals surface area contributed by atoms with Crippen LogP contribution in [0.25, 0.3) is 0 Å². The Hall–Kier alpha value is -2.07. The molecule has 3 N–H and O–H groups in total.